The molecule has 10 aromatic rings. The van der Waals surface area contributed by atoms with Crippen molar-refractivity contribution in [3.05, 3.63) is 217 Å². The molecule has 0 radical (unpaired) electrons. The van der Waals surface area contributed by atoms with Gasteiger partial charge in [-0.2, -0.15) is 0 Å². The topological polar surface area (TPSA) is 8.17 Å². The molecule has 0 unspecified atom stereocenters. The normalized spacial score (nSPS) is 12.9. The van der Waals surface area contributed by atoms with Crippen LogP contribution in [-0.4, -0.2) is 4.57 Å². The Balaban J connectivity index is 0.986. The molecule has 1 aromatic heterocycles. The third-order valence-electron chi connectivity index (χ3n) is 12.2. The minimum absolute atomic E-state index is 0.210. The first-order valence-electron chi connectivity index (χ1n) is 19.8. The van der Waals surface area contributed by atoms with Gasteiger partial charge in [-0.3, -0.25) is 0 Å². The predicted octanol–water partition coefficient (Wildman–Crippen LogP) is 15.0. The highest BCUT2D eigenvalue weighted by Crippen LogP contribution is 2.51. The number of aromatic nitrogens is 1. The molecule has 0 amide bonds. The van der Waals surface area contributed by atoms with E-state index in [4.69, 9.17) is 0 Å². The summed E-state index contributed by atoms with van der Waals surface area (Å²) >= 11 is 0. The number of hydrogen-bond acceptors (Lipinski definition) is 1. The monoisotopic (exact) mass is 728 g/mol. The highest BCUT2D eigenvalue weighted by molar-refractivity contribution is 6.10. The summed E-state index contributed by atoms with van der Waals surface area (Å²) in [6.07, 6.45) is 0. The number of rotatable bonds is 6. The fourth-order valence-corrected chi connectivity index (χ4v) is 9.25. The van der Waals surface area contributed by atoms with Crippen LogP contribution in [0.3, 0.4) is 0 Å². The lowest BCUT2D eigenvalue weighted by Gasteiger charge is -2.28. The van der Waals surface area contributed by atoms with Gasteiger partial charge in [-0.15, -0.1) is 0 Å². The number of benzene rings is 9. The summed E-state index contributed by atoms with van der Waals surface area (Å²) in [5.41, 5.74) is 17.0. The van der Waals surface area contributed by atoms with Crippen molar-refractivity contribution in [2.24, 2.45) is 0 Å². The fourth-order valence-electron chi connectivity index (χ4n) is 9.25. The Morgan fingerprint density at radius 1 is 0.368 bits per heavy atom. The summed E-state index contributed by atoms with van der Waals surface area (Å²) in [5.74, 6) is 0. The largest absolute Gasteiger partial charge is 0.310 e. The van der Waals surface area contributed by atoms with E-state index in [1.807, 2.05) is 0 Å². The van der Waals surface area contributed by atoms with Crippen molar-refractivity contribution in [3.63, 3.8) is 0 Å². The maximum atomic E-state index is 2.45. The first kappa shape index (κ1) is 33.2. The molecule has 2 heteroatoms. The first-order valence-corrected chi connectivity index (χ1v) is 19.8. The van der Waals surface area contributed by atoms with E-state index in [0.717, 1.165) is 17.1 Å². The zero-order chi connectivity index (χ0) is 38.1. The lowest BCUT2D eigenvalue weighted by Crippen LogP contribution is -2.17. The summed E-state index contributed by atoms with van der Waals surface area (Å²) < 4.78 is 2.45. The second-order valence-corrected chi connectivity index (χ2v) is 15.8. The molecule has 1 heterocycles. The van der Waals surface area contributed by atoms with Crippen LogP contribution >= 0.6 is 0 Å². The maximum Gasteiger partial charge on any atom is 0.0541 e. The number of para-hydroxylation sites is 2. The quantitative estimate of drug-likeness (QED) is 0.165. The Morgan fingerprint density at radius 2 is 0.930 bits per heavy atom. The van der Waals surface area contributed by atoms with Crippen LogP contribution in [0.5, 0.6) is 0 Å². The van der Waals surface area contributed by atoms with E-state index < -0.39 is 0 Å². The number of fused-ring (bicyclic) bond motifs is 7. The van der Waals surface area contributed by atoms with Crippen molar-refractivity contribution in [1.82, 2.24) is 4.57 Å². The van der Waals surface area contributed by atoms with Crippen LogP contribution in [0.4, 0.5) is 17.1 Å². The molecule has 270 valence electrons. The van der Waals surface area contributed by atoms with Crippen LogP contribution in [0.25, 0.3) is 71.6 Å². The van der Waals surface area contributed by atoms with E-state index in [2.05, 4.69) is 230 Å². The van der Waals surface area contributed by atoms with Crippen LogP contribution in [0, 0.1) is 0 Å². The van der Waals surface area contributed by atoms with Gasteiger partial charge in [-0.25, -0.2) is 0 Å². The molecule has 0 fully saturated rings. The van der Waals surface area contributed by atoms with Crippen molar-refractivity contribution < 1.29 is 0 Å². The van der Waals surface area contributed by atoms with Crippen LogP contribution in [-0.2, 0) is 5.41 Å². The van der Waals surface area contributed by atoms with E-state index in [1.54, 1.807) is 0 Å². The van der Waals surface area contributed by atoms with Crippen LogP contribution < -0.4 is 4.90 Å². The van der Waals surface area contributed by atoms with Gasteiger partial charge in [0.25, 0.3) is 0 Å². The third kappa shape index (κ3) is 5.40. The average Bonchev–Trinajstić information content (AvgIpc) is 3.72. The van der Waals surface area contributed by atoms with Crippen LogP contribution in [0.1, 0.15) is 25.0 Å². The van der Waals surface area contributed by atoms with Crippen molar-refractivity contribution in [3.8, 4) is 39.1 Å². The number of anilines is 3. The van der Waals surface area contributed by atoms with Gasteiger partial charge < -0.3 is 9.47 Å². The smallest absolute Gasteiger partial charge is 0.0541 e. The van der Waals surface area contributed by atoms with E-state index in [9.17, 15) is 0 Å². The highest BCUT2D eigenvalue weighted by atomic mass is 15.1. The van der Waals surface area contributed by atoms with Gasteiger partial charge in [0.05, 0.1) is 11.0 Å². The Kier molecular flexibility index (Phi) is 7.55. The lowest BCUT2D eigenvalue weighted by molar-refractivity contribution is 0.660. The standard InChI is InChI=1S/C55H40N2/c1-55(2)51-35-45(56(43-17-7-4-8-18-43)44-26-23-39(24-27-44)41-22-21-38-15-9-10-16-40(38)33-41)28-30-47(51)48-31-29-46(36-52(48)55)57-53-20-12-11-19-49(53)50-34-42(25-32-54(50)57)37-13-5-3-6-14-37/h3-36H,1-2H3. The Morgan fingerprint density at radius 3 is 1.74 bits per heavy atom. The third-order valence-corrected chi connectivity index (χ3v) is 12.2. The molecular weight excluding hydrogens is 689 g/mol. The minimum Gasteiger partial charge on any atom is -0.310 e. The summed E-state index contributed by atoms with van der Waals surface area (Å²) in [4.78, 5) is 2.39. The number of nitrogens with zero attached hydrogens (tertiary/aromatic N) is 2. The van der Waals surface area contributed by atoms with Crippen LogP contribution in [0.2, 0.25) is 0 Å². The summed E-state index contributed by atoms with van der Waals surface area (Å²) in [5, 5.41) is 5.05. The van der Waals surface area contributed by atoms with Crippen molar-refractivity contribution >= 4 is 49.6 Å². The molecule has 57 heavy (non-hydrogen) atoms. The van der Waals surface area contributed by atoms with Crippen LogP contribution in [0.15, 0.2) is 206 Å². The highest BCUT2D eigenvalue weighted by Gasteiger charge is 2.36. The number of hydrogen-bond donors (Lipinski definition) is 0. The van der Waals surface area contributed by atoms with Gasteiger partial charge >= 0.3 is 0 Å². The molecule has 11 rings (SSSR count). The Labute approximate surface area is 333 Å². The van der Waals surface area contributed by atoms with Gasteiger partial charge in [-0.1, -0.05) is 147 Å². The molecule has 9 aromatic carbocycles. The van der Waals surface area contributed by atoms with Gasteiger partial charge in [-0.05, 0) is 128 Å². The summed E-state index contributed by atoms with van der Waals surface area (Å²) in [6, 6.07) is 75.6. The molecule has 1 aliphatic rings. The SMILES string of the molecule is CC1(C)c2cc(N(c3ccccc3)c3ccc(-c4ccc5ccccc5c4)cc3)ccc2-c2ccc(-n3c4ccccc4c4cc(-c5ccccc5)ccc43)cc21. The van der Waals surface area contributed by atoms with Gasteiger partial charge in [0.2, 0.25) is 0 Å². The van der Waals surface area contributed by atoms with Gasteiger partial charge in [0.15, 0.2) is 0 Å². The molecule has 0 spiro atoms. The van der Waals surface area contributed by atoms with E-state index in [-0.39, 0.29) is 5.41 Å². The lowest BCUT2D eigenvalue weighted by atomic mass is 9.82. The predicted molar refractivity (Wildman–Crippen MR) is 241 cm³/mol. The van der Waals surface area contributed by atoms with Crippen molar-refractivity contribution in [2.45, 2.75) is 19.3 Å². The zero-order valence-electron chi connectivity index (χ0n) is 32.0. The molecule has 0 aliphatic heterocycles. The minimum atomic E-state index is -0.210. The Hall–Kier alpha value is -7.16. The second-order valence-electron chi connectivity index (χ2n) is 15.8. The summed E-state index contributed by atoms with van der Waals surface area (Å²) in [6.45, 7) is 4.77. The van der Waals surface area contributed by atoms with Gasteiger partial charge in [0, 0.05) is 38.9 Å². The molecule has 1 aliphatic carbocycles. The summed E-state index contributed by atoms with van der Waals surface area (Å²) in [7, 11) is 0. The van der Waals surface area contributed by atoms with E-state index in [0.29, 0.717) is 0 Å². The molecular formula is C55H40N2. The van der Waals surface area contributed by atoms with E-state index in [1.165, 1.54) is 82.8 Å². The molecule has 2 nitrogen and oxygen atoms in total. The molecule has 0 atom stereocenters. The zero-order valence-corrected chi connectivity index (χ0v) is 32.0. The maximum absolute atomic E-state index is 2.45. The molecule has 0 bridgehead atoms. The van der Waals surface area contributed by atoms with E-state index >= 15 is 0 Å². The average molecular weight is 729 g/mol. The van der Waals surface area contributed by atoms with Gasteiger partial charge in [0.1, 0.15) is 0 Å². The Bertz CT molecular complexity index is 3130. The van der Waals surface area contributed by atoms with Crippen molar-refractivity contribution in [2.75, 3.05) is 4.90 Å². The molecule has 0 N–H and O–H groups in total. The second kappa shape index (κ2) is 13.0. The van der Waals surface area contributed by atoms with Crippen molar-refractivity contribution in [1.29, 1.82) is 0 Å². The first-order chi connectivity index (χ1) is 28.0. The molecule has 0 saturated carbocycles. The fraction of sp³-hybridized carbons (Fsp3) is 0.0545. The molecule has 0 saturated heterocycles.